The highest BCUT2D eigenvalue weighted by molar-refractivity contribution is 9.10. The Hall–Kier alpha value is -2.21. The van der Waals surface area contributed by atoms with Crippen molar-refractivity contribution in [3.8, 4) is 0 Å². The Bertz CT molecular complexity index is 786. The molecule has 2 N–H and O–H groups in total. The van der Waals surface area contributed by atoms with E-state index in [0.717, 1.165) is 0 Å². The number of carbonyl (C=O) groups is 1. The van der Waals surface area contributed by atoms with Gasteiger partial charge in [0.15, 0.2) is 5.82 Å². The van der Waals surface area contributed by atoms with Crippen LogP contribution in [0.2, 0.25) is 0 Å². The fraction of sp³-hybridized carbons (Fsp3) is 0. The van der Waals surface area contributed by atoms with E-state index in [4.69, 9.17) is 0 Å². The van der Waals surface area contributed by atoms with Crippen LogP contribution in [-0.2, 0) is 0 Å². The summed E-state index contributed by atoms with van der Waals surface area (Å²) in [7, 11) is 0. The number of amides is 1. The van der Waals surface area contributed by atoms with Crippen molar-refractivity contribution in [2.24, 2.45) is 0 Å². The van der Waals surface area contributed by atoms with Gasteiger partial charge in [0.1, 0.15) is 5.65 Å². The van der Waals surface area contributed by atoms with Gasteiger partial charge in [-0.25, -0.2) is 9.37 Å². The number of carbonyl (C=O) groups excluding carboxylic acids is 1. The first-order valence-corrected chi connectivity index (χ1v) is 6.63. The third-order valence-electron chi connectivity index (χ3n) is 2.88. The number of nitrogens with one attached hydrogen (secondary N) is 2. The molecule has 2 heterocycles. The van der Waals surface area contributed by atoms with Crippen molar-refractivity contribution >= 4 is 38.6 Å². The number of hydrogen-bond acceptors (Lipinski definition) is 2. The largest absolute Gasteiger partial charge is 0.344 e. The first kappa shape index (κ1) is 12.8. The van der Waals surface area contributed by atoms with Crippen molar-refractivity contribution < 1.29 is 9.18 Å². The topological polar surface area (TPSA) is 57.8 Å². The lowest BCUT2D eigenvalue weighted by Gasteiger charge is -2.04. The van der Waals surface area contributed by atoms with E-state index in [-0.39, 0.29) is 15.8 Å². The van der Waals surface area contributed by atoms with Crippen molar-refractivity contribution in [1.29, 1.82) is 0 Å². The molecule has 0 unspecified atom stereocenters. The average molecular weight is 334 g/mol. The van der Waals surface area contributed by atoms with Crippen molar-refractivity contribution in [2.45, 2.75) is 0 Å². The summed E-state index contributed by atoms with van der Waals surface area (Å²) in [5.41, 5.74) is 1.25. The molecule has 0 radical (unpaired) electrons. The minimum atomic E-state index is -0.459. The summed E-state index contributed by atoms with van der Waals surface area (Å²) in [4.78, 5) is 18.9. The molecule has 3 aromatic rings. The predicted molar refractivity (Wildman–Crippen MR) is 78.1 cm³/mol. The summed E-state index contributed by atoms with van der Waals surface area (Å²) < 4.78 is 14.3. The number of H-pyrrole nitrogens is 1. The Kier molecular flexibility index (Phi) is 3.23. The highest BCUT2D eigenvalue weighted by atomic mass is 79.9. The first-order chi connectivity index (χ1) is 9.66. The van der Waals surface area contributed by atoms with Crippen LogP contribution in [0.5, 0.6) is 0 Å². The van der Waals surface area contributed by atoms with E-state index in [1.54, 1.807) is 24.3 Å². The number of benzene rings is 1. The second kappa shape index (κ2) is 5.05. The third kappa shape index (κ3) is 2.18. The number of pyridine rings is 1. The molecule has 20 heavy (non-hydrogen) atoms. The second-order valence-corrected chi connectivity index (χ2v) is 5.02. The molecule has 3 rings (SSSR count). The molecule has 100 valence electrons. The zero-order chi connectivity index (χ0) is 14.1. The Labute approximate surface area is 122 Å². The van der Waals surface area contributed by atoms with Gasteiger partial charge in [-0.05, 0) is 28.1 Å². The molecular weight excluding hydrogens is 325 g/mol. The van der Waals surface area contributed by atoms with Gasteiger partial charge in [0.2, 0.25) is 0 Å². The minimum Gasteiger partial charge on any atom is -0.344 e. The number of aromatic amines is 1. The van der Waals surface area contributed by atoms with Crippen molar-refractivity contribution in [3.05, 3.63) is 58.6 Å². The van der Waals surface area contributed by atoms with Gasteiger partial charge in [0.05, 0.1) is 15.5 Å². The van der Waals surface area contributed by atoms with E-state index >= 15 is 0 Å². The molecule has 1 aromatic carbocycles. The maximum absolute atomic E-state index is 14.1. The van der Waals surface area contributed by atoms with E-state index in [2.05, 4.69) is 31.2 Å². The van der Waals surface area contributed by atoms with Crippen LogP contribution in [0.25, 0.3) is 11.0 Å². The monoisotopic (exact) mass is 333 g/mol. The maximum atomic E-state index is 14.1. The molecule has 0 bridgehead atoms. The van der Waals surface area contributed by atoms with E-state index in [1.807, 2.05) is 6.07 Å². The van der Waals surface area contributed by atoms with Gasteiger partial charge in [-0.15, -0.1) is 0 Å². The zero-order valence-corrected chi connectivity index (χ0v) is 11.7. The van der Waals surface area contributed by atoms with Gasteiger partial charge < -0.3 is 10.3 Å². The molecule has 0 spiro atoms. The lowest BCUT2D eigenvalue weighted by atomic mass is 10.2. The number of fused-ring (bicyclic) bond motifs is 1. The molecule has 6 heteroatoms. The summed E-state index contributed by atoms with van der Waals surface area (Å²) in [6, 6.07) is 8.73. The number of nitrogens with zero attached hydrogens (tertiary/aromatic N) is 1. The summed E-state index contributed by atoms with van der Waals surface area (Å²) in [5, 5.41) is 2.93. The second-order valence-electron chi connectivity index (χ2n) is 4.17. The fourth-order valence-corrected chi connectivity index (χ4v) is 2.22. The molecule has 0 atom stereocenters. The van der Waals surface area contributed by atoms with Crippen LogP contribution in [0, 0.1) is 5.82 Å². The van der Waals surface area contributed by atoms with Gasteiger partial charge >= 0.3 is 0 Å². The van der Waals surface area contributed by atoms with Gasteiger partial charge in [-0.2, -0.15) is 0 Å². The van der Waals surface area contributed by atoms with Crippen LogP contribution in [0.15, 0.2) is 47.2 Å². The first-order valence-electron chi connectivity index (χ1n) is 5.84. The van der Waals surface area contributed by atoms with Crippen molar-refractivity contribution in [3.63, 3.8) is 0 Å². The highest BCUT2D eigenvalue weighted by Crippen LogP contribution is 2.29. The molecule has 0 saturated carbocycles. The van der Waals surface area contributed by atoms with Crippen LogP contribution >= 0.6 is 15.9 Å². The van der Waals surface area contributed by atoms with E-state index in [0.29, 0.717) is 16.9 Å². The number of anilines is 1. The predicted octanol–water partition coefficient (Wildman–Crippen LogP) is 3.72. The standard InChI is InChI=1S/C14H9BrFN3O/c15-9-6-17-13-11(12(9)16)10(7-18-13)19-14(20)8-4-2-1-3-5-8/h1-7H,(H,17,18)(H,19,20). The van der Waals surface area contributed by atoms with Crippen molar-refractivity contribution in [2.75, 3.05) is 5.32 Å². The smallest absolute Gasteiger partial charge is 0.255 e. The molecule has 0 aliphatic carbocycles. The van der Waals surface area contributed by atoms with Crippen molar-refractivity contribution in [1.82, 2.24) is 9.97 Å². The minimum absolute atomic E-state index is 0.250. The number of aromatic nitrogens is 2. The summed E-state index contributed by atoms with van der Waals surface area (Å²) in [5.74, 6) is -0.759. The van der Waals surface area contributed by atoms with Crippen LogP contribution in [0.3, 0.4) is 0 Å². The Morgan fingerprint density at radius 2 is 2.05 bits per heavy atom. The van der Waals surface area contributed by atoms with Gasteiger partial charge in [0, 0.05) is 18.0 Å². The molecule has 4 nitrogen and oxygen atoms in total. The average Bonchev–Trinajstić information content (AvgIpc) is 2.87. The lowest BCUT2D eigenvalue weighted by Crippen LogP contribution is -2.11. The molecule has 0 fully saturated rings. The van der Waals surface area contributed by atoms with Crippen LogP contribution in [-0.4, -0.2) is 15.9 Å². The molecule has 0 aliphatic rings. The number of halogens is 2. The summed E-state index contributed by atoms with van der Waals surface area (Å²) in [6.07, 6.45) is 2.89. The number of hydrogen-bond donors (Lipinski definition) is 2. The van der Waals surface area contributed by atoms with Gasteiger partial charge in [0.25, 0.3) is 5.91 Å². The quantitative estimate of drug-likeness (QED) is 0.750. The summed E-state index contributed by atoms with van der Waals surface area (Å²) in [6.45, 7) is 0. The third-order valence-corrected chi connectivity index (χ3v) is 3.43. The zero-order valence-electron chi connectivity index (χ0n) is 10.2. The molecule has 0 saturated heterocycles. The summed E-state index contributed by atoms with van der Waals surface area (Å²) >= 11 is 3.08. The van der Waals surface area contributed by atoms with Gasteiger partial charge in [-0.3, -0.25) is 4.79 Å². The Balaban J connectivity index is 2.00. The molecule has 2 aromatic heterocycles. The number of rotatable bonds is 2. The maximum Gasteiger partial charge on any atom is 0.255 e. The van der Waals surface area contributed by atoms with Gasteiger partial charge in [-0.1, -0.05) is 18.2 Å². The molecule has 1 amide bonds. The van der Waals surface area contributed by atoms with Crippen LogP contribution in [0.1, 0.15) is 10.4 Å². The van der Waals surface area contributed by atoms with E-state index in [9.17, 15) is 9.18 Å². The van der Waals surface area contributed by atoms with E-state index < -0.39 is 5.82 Å². The van der Waals surface area contributed by atoms with Crippen LogP contribution in [0.4, 0.5) is 10.1 Å². The normalized spacial score (nSPS) is 10.7. The van der Waals surface area contributed by atoms with Crippen LogP contribution < -0.4 is 5.32 Å². The SMILES string of the molecule is O=C(Nc1c[nH]c2ncc(Br)c(F)c12)c1ccccc1. The molecular formula is C14H9BrFN3O. The lowest BCUT2D eigenvalue weighted by molar-refractivity contribution is 0.102. The molecule has 0 aliphatic heterocycles. The Morgan fingerprint density at radius 3 is 2.80 bits per heavy atom. The fourth-order valence-electron chi connectivity index (χ4n) is 1.92. The Morgan fingerprint density at radius 1 is 1.30 bits per heavy atom. The van der Waals surface area contributed by atoms with E-state index in [1.165, 1.54) is 12.4 Å². The highest BCUT2D eigenvalue weighted by Gasteiger charge is 2.15.